The fourth-order valence-electron chi connectivity index (χ4n) is 2.50. The number of carbonyl (C=O) groups is 1. The van der Waals surface area contributed by atoms with Gasteiger partial charge in [-0.15, -0.1) is 0 Å². The zero-order valence-corrected chi connectivity index (χ0v) is 14.4. The van der Waals surface area contributed by atoms with Crippen LogP contribution in [0.4, 0.5) is 9.18 Å². The Morgan fingerprint density at radius 3 is 2.79 bits per heavy atom. The van der Waals surface area contributed by atoms with Crippen molar-refractivity contribution in [1.82, 2.24) is 10.3 Å². The molecule has 0 bridgehead atoms. The van der Waals surface area contributed by atoms with Crippen molar-refractivity contribution < 1.29 is 13.9 Å². The third kappa shape index (κ3) is 3.94. The van der Waals surface area contributed by atoms with E-state index in [1.54, 1.807) is 6.07 Å². The van der Waals surface area contributed by atoms with Crippen LogP contribution in [-0.4, -0.2) is 17.6 Å². The molecule has 0 unspecified atom stereocenters. The summed E-state index contributed by atoms with van der Waals surface area (Å²) in [7, 11) is 0. The predicted molar refractivity (Wildman–Crippen MR) is 94.3 cm³/mol. The van der Waals surface area contributed by atoms with Crippen molar-refractivity contribution in [3.8, 4) is 0 Å². The molecule has 0 aliphatic rings. The van der Waals surface area contributed by atoms with Gasteiger partial charge in [0, 0.05) is 17.4 Å². The number of fused-ring (bicyclic) bond motifs is 1. The molecule has 0 atom stereocenters. The van der Waals surface area contributed by atoms with E-state index >= 15 is 0 Å². The van der Waals surface area contributed by atoms with Crippen molar-refractivity contribution >= 4 is 32.9 Å². The molecule has 0 saturated heterocycles. The van der Waals surface area contributed by atoms with Gasteiger partial charge in [-0.2, -0.15) is 0 Å². The number of alkyl carbamates (subject to hydrolysis) is 1. The molecular formula is C18H16BrFN2O2. The van der Waals surface area contributed by atoms with Crippen molar-refractivity contribution in [3.63, 3.8) is 0 Å². The SMILES string of the molecule is O=C(NCCc1c(Br)[nH]c2ccc(F)cc12)OCc1ccccc1. The minimum Gasteiger partial charge on any atom is -0.445 e. The summed E-state index contributed by atoms with van der Waals surface area (Å²) in [5, 5.41) is 3.51. The van der Waals surface area contributed by atoms with Crippen molar-refractivity contribution in [2.75, 3.05) is 6.54 Å². The second kappa shape index (κ2) is 7.49. The van der Waals surface area contributed by atoms with Gasteiger partial charge in [0.25, 0.3) is 0 Å². The molecule has 0 saturated carbocycles. The van der Waals surface area contributed by atoms with E-state index in [2.05, 4.69) is 26.2 Å². The van der Waals surface area contributed by atoms with Gasteiger partial charge in [0.15, 0.2) is 0 Å². The highest BCUT2D eigenvalue weighted by molar-refractivity contribution is 9.10. The summed E-state index contributed by atoms with van der Waals surface area (Å²) < 4.78 is 19.4. The number of amides is 1. The molecule has 1 heterocycles. The van der Waals surface area contributed by atoms with Crippen LogP contribution in [0.15, 0.2) is 53.1 Å². The number of nitrogens with one attached hydrogen (secondary N) is 2. The largest absolute Gasteiger partial charge is 0.445 e. The average molecular weight is 391 g/mol. The lowest BCUT2D eigenvalue weighted by molar-refractivity contribution is 0.140. The van der Waals surface area contributed by atoms with E-state index in [4.69, 9.17) is 4.74 Å². The Labute approximate surface area is 147 Å². The smallest absolute Gasteiger partial charge is 0.407 e. The second-order valence-corrected chi connectivity index (χ2v) is 6.14. The molecule has 24 heavy (non-hydrogen) atoms. The molecule has 2 aromatic carbocycles. The molecular weight excluding hydrogens is 375 g/mol. The molecule has 1 aromatic heterocycles. The number of carbonyl (C=O) groups excluding carboxylic acids is 1. The van der Waals surface area contributed by atoms with Crippen molar-refractivity contribution in [1.29, 1.82) is 0 Å². The van der Waals surface area contributed by atoms with Crippen LogP contribution in [0.1, 0.15) is 11.1 Å². The maximum Gasteiger partial charge on any atom is 0.407 e. The summed E-state index contributed by atoms with van der Waals surface area (Å²) in [6.45, 7) is 0.629. The van der Waals surface area contributed by atoms with Gasteiger partial charge in [-0.1, -0.05) is 30.3 Å². The lowest BCUT2D eigenvalue weighted by Gasteiger charge is -2.07. The molecule has 0 aliphatic heterocycles. The number of hydrogen-bond acceptors (Lipinski definition) is 2. The van der Waals surface area contributed by atoms with Gasteiger partial charge in [-0.3, -0.25) is 0 Å². The van der Waals surface area contributed by atoms with Gasteiger partial charge < -0.3 is 15.0 Å². The molecule has 124 valence electrons. The summed E-state index contributed by atoms with van der Waals surface area (Å²) in [5.74, 6) is -0.287. The van der Waals surface area contributed by atoms with Crippen LogP contribution in [0.25, 0.3) is 10.9 Å². The highest BCUT2D eigenvalue weighted by atomic mass is 79.9. The number of H-pyrrole nitrogens is 1. The first kappa shape index (κ1) is 16.5. The number of aromatic nitrogens is 1. The van der Waals surface area contributed by atoms with Gasteiger partial charge in [0.05, 0.1) is 4.60 Å². The Morgan fingerprint density at radius 1 is 1.21 bits per heavy atom. The number of benzene rings is 2. The molecule has 3 rings (SSSR count). The van der Waals surface area contributed by atoms with Gasteiger partial charge >= 0.3 is 6.09 Å². The van der Waals surface area contributed by atoms with Crippen molar-refractivity contribution in [2.24, 2.45) is 0 Å². The third-order valence-electron chi connectivity index (χ3n) is 3.67. The minimum atomic E-state index is -0.471. The Morgan fingerprint density at radius 2 is 2.00 bits per heavy atom. The Balaban J connectivity index is 1.54. The maximum atomic E-state index is 13.4. The second-order valence-electron chi connectivity index (χ2n) is 5.35. The number of aromatic amines is 1. The number of halogens is 2. The maximum absolute atomic E-state index is 13.4. The summed E-state index contributed by atoms with van der Waals surface area (Å²) in [4.78, 5) is 14.9. The standard InChI is InChI=1S/C18H16BrFN2O2/c19-17-14(15-10-13(20)6-7-16(15)22-17)8-9-21-18(23)24-11-12-4-2-1-3-5-12/h1-7,10,22H,8-9,11H2,(H,21,23). The molecule has 4 nitrogen and oxygen atoms in total. The summed E-state index contributed by atoms with van der Waals surface area (Å²) in [5.41, 5.74) is 2.71. The van der Waals surface area contributed by atoms with Crippen LogP contribution in [0.5, 0.6) is 0 Å². The molecule has 0 aliphatic carbocycles. The highest BCUT2D eigenvalue weighted by Gasteiger charge is 2.11. The van der Waals surface area contributed by atoms with Crippen LogP contribution in [0.2, 0.25) is 0 Å². The molecule has 3 aromatic rings. The van der Waals surface area contributed by atoms with Crippen LogP contribution in [-0.2, 0) is 17.8 Å². The van der Waals surface area contributed by atoms with E-state index < -0.39 is 6.09 Å². The molecule has 0 radical (unpaired) electrons. The summed E-state index contributed by atoms with van der Waals surface area (Å²) in [6, 6.07) is 14.1. The molecule has 2 N–H and O–H groups in total. The molecule has 0 fully saturated rings. The van der Waals surface area contributed by atoms with Gasteiger partial charge in [0.1, 0.15) is 12.4 Å². The lowest BCUT2D eigenvalue weighted by atomic mass is 10.1. The fraction of sp³-hybridized carbons (Fsp3) is 0.167. The Bertz CT molecular complexity index is 849. The molecule has 6 heteroatoms. The van der Waals surface area contributed by atoms with Crippen LogP contribution in [0, 0.1) is 5.82 Å². The monoisotopic (exact) mass is 390 g/mol. The molecule has 1 amide bonds. The number of hydrogen-bond donors (Lipinski definition) is 2. The van der Waals surface area contributed by atoms with Crippen LogP contribution < -0.4 is 5.32 Å². The predicted octanol–water partition coefficient (Wildman–Crippen LogP) is 4.54. The van der Waals surface area contributed by atoms with Crippen molar-refractivity contribution in [2.45, 2.75) is 13.0 Å². The van der Waals surface area contributed by atoms with Gasteiger partial charge in [0.2, 0.25) is 0 Å². The first-order valence-electron chi connectivity index (χ1n) is 7.53. The Hall–Kier alpha value is -2.34. The van der Waals surface area contributed by atoms with Crippen LogP contribution >= 0.6 is 15.9 Å². The van der Waals surface area contributed by atoms with Gasteiger partial charge in [-0.25, -0.2) is 9.18 Å². The third-order valence-corrected chi connectivity index (χ3v) is 4.35. The number of rotatable bonds is 5. The first-order chi connectivity index (χ1) is 11.6. The average Bonchev–Trinajstić information content (AvgIpc) is 2.89. The zero-order valence-electron chi connectivity index (χ0n) is 12.8. The van der Waals surface area contributed by atoms with E-state index in [1.165, 1.54) is 12.1 Å². The van der Waals surface area contributed by atoms with E-state index in [0.717, 1.165) is 26.6 Å². The van der Waals surface area contributed by atoms with Gasteiger partial charge in [-0.05, 0) is 51.7 Å². The van der Waals surface area contributed by atoms with E-state index in [9.17, 15) is 9.18 Å². The Kier molecular flexibility index (Phi) is 5.15. The summed E-state index contributed by atoms with van der Waals surface area (Å²) >= 11 is 3.44. The normalized spacial score (nSPS) is 10.8. The van der Waals surface area contributed by atoms with E-state index in [0.29, 0.717) is 13.0 Å². The lowest BCUT2D eigenvalue weighted by Crippen LogP contribution is -2.26. The number of ether oxygens (including phenoxy) is 1. The zero-order chi connectivity index (χ0) is 16.9. The van der Waals surface area contributed by atoms with E-state index in [1.807, 2.05) is 30.3 Å². The minimum absolute atomic E-state index is 0.231. The first-order valence-corrected chi connectivity index (χ1v) is 8.33. The van der Waals surface area contributed by atoms with E-state index in [-0.39, 0.29) is 12.4 Å². The van der Waals surface area contributed by atoms with Crippen LogP contribution in [0.3, 0.4) is 0 Å². The quantitative estimate of drug-likeness (QED) is 0.671. The summed E-state index contributed by atoms with van der Waals surface area (Å²) in [6.07, 6.45) is 0.0887. The highest BCUT2D eigenvalue weighted by Crippen LogP contribution is 2.27. The fourth-order valence-corrected chi connectivity index (χ4v) is 3.12. The topological polar surface area (TPSA) is 54.1 Å². The molecule has 0 spiro atoms. The van der Waals surface area contributed by atoms with Crippen molar-refractivity contribution in [3.05, 3.63) is 70.1 Å².